The van der Waals surface area contributed by atoms with E-state index in [1.165, 1.54) is 11.0 Å². The third-order valence-corrected chi connectivity index (χ3v) is 6.48. The molecule has 2 aromatic heterocycles. The van der Waals surface area contributed by atoms with E-state index in [0.717, 1.165) is 17.0 Å². The number of nitrogens with zero attached hydrogens (tertiary/aromatic N) is 5. The number of amides is 3. The Morgan fingerprint density at radius 2 is 1.83 bits per heavy atom. The molecule has 11 nitrogen and oxygen atoms in total. The first kappa shape index (κ1) is 28.4. The third-order valence-electron chi connectivity index (χ3n) is 6.48. The minimum atomic E-state index is -5.18. The summed E-state index contributed by atoms with van der Waals surface area (Å²) in [4.78, 5) is 47.2. The van der Waals surface area contributed by atoms with Crippen LogP contribution in [0.5, 0.6) is 5.75 Å². The van der Waals surface area contributed by atoms with Crippen molar-refractivity contribution in [1.29, 1.82) is 0 Å². The Kier molecular flexibility index (Phi) is 7.45. The lowest BCUT2D eigenvalue weighted by molar-refractivity contribution is -0.275. The van der Waals surface area contributed by atoms with Gasteiger partial charge in [-0.05, 0) is 29.8 Å². The predicted octanol–water partition coefficient (Wildman–Crippen LogP) is 3.21. The number of halogens is 5. The topological polar surface area (TPSA) is 145 Å². The zero-order chi connectivity index (χ0) is 30.2. The molecule has 4 aromatic rings. The number of alkyl halides is 4. The van der Waals surface area contributed by atoms with E-state index in [0.29, 0.717) is 28.1 Å². The molecule has 16 heteroatoms. The van der Waals surface area contributed by atoms with Crippen LogP contribution in [0.1, 0.15) is 16.9 Å². The SMILES string of the molecule is NC(=O)c1nn(CC(=O)N2CC(F)CC2C(=O)Nc2cccc(OC(F)(F)F)c2F)c2ccc(-c3cncnc3)cc12. The zero-order valence-corrected chi connectivity index (χ0v) is 21.3. The Morgan fingerprint density at radius 3 is 2.52 bits per heavy atom. The van der Waals surface area contributed by atoms with E-state index in [2.05, 4.69) is 25.1 Å². The second-order valence-corrected chi connectivity index (χ2v) is 9.28. The number of fused-ring (bicyclic) bond motifs is 1. The molecule has 2 atom stereocenters. The Bertz CT molecular complexity index is 1680. The van der Waals surface area contributed by atoms with Crippen molar-refractivity contribution in [3.63, 3.8) is 0 Å². The number of ether oxygens (including phenoxy) is 1. The summed E-state index contributed by atoms with van der Waals surface area (Å²) in [5.74, 6) is -5.33. The highest BCUT2D eigenvalue weighted by Gasteiger charge is 2.40. The first-order chi connectivity index (χ1) is 19.9. The number of carbonyl (C=O) groups excluding carboxylic acids is 3. The Morgan fingerprint density at radius 1 is 1.10 bits per heavy atom. The van der Waals surface area contributed by atoms with Crippen molar-refractivity contribution >= 4 is 34.3 Å². The van der Waals surface area contributed by atoms with Gasteiger partial charge in [0.05, 0.1) is 17.7 Å². The highest BCUT2D eigenvalue weighted by molar-refractivity contribution is 6.05. The monoisotopic (exact) mass is 589 g/mol. The average molecular weight is 589 g/mol. The molecule has 3 amide bonds. The van der Waals surface area contributed by atoms with Gasteiger partial charge in [-0.25, -0.2) is 18.7 Å². The fourth-order valence-electron chi connectivity index (χ4n) is 4.66. The van der Waals surface area contributed by atoms with Gasteiger partial charge in [0.15, 0.2) is 17.3 Å². The highest BCUT2D eigenvalue weighted by Crippen LogP contribution is 2.31. The summed E-state index contributed by atoms with van der Waals surface area (Å²) in [6.45, 7) is -0.992. The summed E-state index contributed by atoms with van der Waals surface area (Å²) >= 11 is 0. The molecule has 1 aliphatic rings. The Labute approximate surface area is 233 Å². The van der Waals surface area contributed by atoms with Crippen LogP contribution in [-0.2, 0) is 16.1 Å². The number of aromatic nitrogens is 4. The van der Waals surface area contributed by atoms with Gasteiger partial charge in [-0.1, -0.05) is 12.1 Å². The summed E-state index contributed by atoms with van der Waals surface area (Å²) in [5.41, 5.74) is 6.35. The first-order valence-corrected chi connectivity index (χ1v) is 12.3. The molecule has 0 bridgehead atoms. The maximum absolute atomic E-state index is 14.6. The number of carbonyl (C=O) groups is 3. The normalized spacial score (nSPS) is 16.9. The lowest BCUT2D eigenvalue weighted by atomic mass is 10.1. The van der Waals surface area contributed by atoms with E-state index < -0.39 is 73.1 Å². The quantitative estimate of drug-likeness (QED) is 0.315. The largest absolute Gasteiger partial charge is 0.573 e. The lowest BCUT2D eigenvalue weighted by Crippen LogP contribution is -2.44. The van der Waals surface area contributed by atoms with Gasteiger partial charge < -0.3 is 20.7 Å². The second kappa shape index (κ2) is 11.0. The molecule has 2 aromatic carbocycles. The van der Waals surface area contributed by atoms with Crippen molar-refractivity contribution in [1.82, 2.24) is 24.6 Å². The molecule has 0 radical (unpaired) electrons. The fourth-order valence-corrected chi connectivity index (χ4v) is 4.66. The fraction of sp³-hybridized carbons (Fsp3) is 0.231. The molecule has 0 spiro atoms. The molecule has 1 aliphatic heterocycles. The maximum atomic E-state index is 14.6. The van der Waals surface area contributed by atoms with Crippen LogP contribution in [0.2, 0.25) is 0 Å². The molecule has 5 rings (SSSR count). The number of hydrogen-bond acceptors (Lipinski definition) is 7. The van der Waals surface area contributed by atoms with E-state index in [1.807, 2.05) is 0 Å². The summed E-state index contributed by atoms with van der Waals surface area (Å²) < 4.78 is 71.5. The summed E-state index contributed by atoms with van der Waals surface area (Å²) in [6.07, 6.45) is -2.76. The molecule has 0 aliphatic carbocycles. The zero-order valence-electron chi connectivity index (χ0n) is 21.3. The van der Waals surface area contributed by atoms with Crippen LogP contribution in [-0.4, -0.2) is 67.5 Å². The number of benzene rings is 2. The van der Waals surface area contributed by atoms with Crippen molar-refractivity contribution in [2.24, 2.45) is 5.73 Å². The van der Waals surface area contributed by atoms with Gasteiger partial charge in [0.25, 0.3) is 5.91 Å². The average Bonchev–Trinajstić information content (AvgIpc) is 3.51. The Balaban J connectivity index is 1.38. The number of nitrogens with one attached hydrogen (secondary N) is 1. The van der Waals surface area contributed by atoms with Crippen LogP contribution in [0.3, 0.4) is 0 Å². The van der Waals surface area contributed by atoms with Crippen molar-refractivity contribution in [3.8, 4) is 16.9 Å². The molecule has 218 valence electrons. The van der Waals surface area contributed by atoms with Crippen LogP contribution in [0.4, 0.5) is 27.6 Å². The van der Waals surface area contributed by atoms with E-state index in [4.69, 9.17) is 5.73 Å². The number of nitrogens with two attached hydrogens (primary N) is 1. The van der Waals surface area contributed by atoms with E-state index >= 15 is 0 Å². The van der Waals surface area contributed by atoms with Crippen molar-refractivity contribution in [3.05, 3.63) is 66.6 Å². The van der Waals surface area contributed by atoms with E-state index in [1.54, 1.807) is 30.6 Å². The van der Waals surface area contributed by atoms with Crippen LogP contribution < -0.4 is 15.8 Å². The molecule has 2 unspecified atom stereocenters. The second-order valence-electron chi connectivity index (χ2n) is 9.28. The molecule has 3 N–H and O–H groups in total. The minimum absolute atomic E-state index is 0.132. The molecule has 42 heavy (non-hydrogen) atoms. The van der Waals surface area contributed by atoms with Crippen molar-refractivity contribution in [2.75, 3.05) is 11.9 Å². The molecular formula is C26H20F5N7O4. The number of anilines is 1. The predicted molar refractivity (Wildman–Crippen MR) is 136 cm³/mol. The number of primary amides is 1. The van der Waals surface area contributed by atoms with Crippen molar-refractivity contribution in [2.45, 2.75) is 31.5 Å². The number of hydrogen-bond donors (Lipinski definition) is 2. The van der Waals surface area contributed by atoms with Crippen LogP contribution in [0.25, 0.3) is 22.0 Å². The first-order valence-electron chi connectivity index (χ1n) is 12.3. The number of likely N-dealkylation sites (tertiary alicyclic amines) is 1. The standard InChI is InChI=1S/C26H20F5N7O4/c27-15-7-19(25(41)35-17-2-1-3-20(22(17)28)42-26(29,30)31)37(10-15)21(39)11-38-18-5-4-13(14-8-33-12-34-9-14)6-16(18)23(36-38)24(32)40/h1-6,8-9,12,15,19H,7,10-11H2,(H2,32,40)(H,35,41). The van der Waals surface area contributed by atoms with E-state index in [-0.39, 0.29) is 5.69 Å². The van der Waals surface area contributed by atoms with Gasteiger partial charge in [0, 0.05) is 29.8 Å². The molecule has 1 fully saturated rings. The maximum Gasteiger partial charge on any atom is 0.573 e. The van der Waals surface area contributed by atoms with Gasteiger partial charge in [0.2, 0.25) is 11.8 Å². The smallest absolute Gasteiger partial charge is 0.403 e. The highest BCUT2D eigenvalue weighted by atomic mass is 19.4. The van der Waals surface area contributed by atoms with Crippen LogP contribution in [0, 0.1) is 5.82 Å². The lowest BCUT2D eigenvalue weighted by Gasteiger charge is -2.24. The summed E-state index contributed by atoms with van der Waals surface area (Å²) in [5, 5.41) is 6.58. The third kappa shape index (κ3) is 5.82. The molecule has 3 heterocycles. The van der Waals surface area contributed by atoms with E-state index in [9.17, 15) is 36.3 Å². The summed E-state index contributed by atoms with van der Waals surface area (Å²) in [7, 11) is 0. The summed E-state index contributed by atoms with van der Waals surface area (Å²) in [6, 6.07) is 6.20. The number of rotatable bonds is 7. The van der Waals surface area contributed by atoms with Gasteiger partial charge in [-0.3, -0.25) is 19.1 Å². The van der Waals surface area contributed by atoms with Gasteiger partial charge in [-0.15, -0.1) is 13.2 Å². The minimum Gasteiger partial charge on any atom is -0.403 e. The van der Waals surface area contributed by atoms with Crippen LogP contribution >= 0.6 is 0 Å². The van der Waals surface area contributed by atoms with Gasteiger partial charge >= 0.3 is 6.36 Å². The molecular weight excluding hydrogens is 569 g/mol. The molecule has 0 saturated carbocycles. The molecule has 1 saturated heterocycles. The van der Waals surface area contributed by atoms with Crippen molar-refractivity contribution < 1.29 is 41.1 Å². The van der Waals surface area contributed by atoms with Gasteiger partial charge in [0.1, 0.15) is 25.1 Å². The van der Waals surface area contributed by atoms with Gasteiger partial charge in [-0.2, -0.15) is 5.10 Å². The Hall–Kier alpha value is -5.15. The van der Waals surface area contributed by atoms with Crippen LogP contribution in [0.15, 0.2) is 55.1 Å².